The summed E-state index contributed by atoms with van der Waals surface area (Å²) in [5.41, 5.74) is 1.03. The van der Waals surface area contributed by atoms with Crippen LogP contribution in [0.2, 0.25) is 0 Å². The van der Waals surface area contributed by atoms with Crippen molar-refractivity contribution in [3.05, 3.63) is 40.1 Å². The number of rotatable bonds is 6. The van der Waals surface area contributed by atoms with E-state index >= 15 is 0 Å². The molecule has 0 fully saturated rings. The summed E-state index contributed by atoms with van der Waals surface area (Å²) in [5.74, 6) is 1.49. The Bertz CT molecular complexity index is 565. The van der Waals surface area contributed by atoms with Crippen molar-refractivity contribution in [1.29, 1.82) is 0 Å². The van der Waals surface area contributed by atoms with Crippen molar-refractivity contribution in [3.63, 3.8) is 0 Å². The minimum atomic E-state index is 0.276. The lowest BCUT2D eigenvalue weighted by atomic mass is 10.2. The summed E-state index contributed by atoms with van der Waals surface area (Å²) in [4.78, 5) is 2.76. The van der Waals surface area contributed by atoms with E-state index < -0.39 is 0 Å². The number of aryl methyl sites for hydroxylation is 1. The second-order valence-corrected chi connectivity index (χ2v) is 5.79. The number of benzene rings is 1. The van der Waals surface area contributed by atoms with E-state index in [2.05, 4.69) is 31.3 Å². The zero-order valence-corrected chi connectivity index (χ0v) is 13.2. The van der Waals surface area contributed by atoms with Crippen molar-refractivity contribution in [2.24, 2.45) is 0 Å². The van der Waals surface area contributed by atoms with Crippen LogP contribution in [0.5, 0.6) is 11.5 Å². The average Bonchev–Trinajstić information content (AvgIpc) is 2.96. The predicted molar refractivity (Wildman–Crippen MR) is 85.3 cm³/mol. The first-order valence-electron chi connectivity index (χ1n) is 6.75. The maximum Gasteiger partial charge on any atom is 0.162 e. The van der Waals surface area contributed by atoms with E-state index in [1.165, 1.54) is 9.75 Å². The molecule has 0 spiro atoms. The summed E-state index contributed by atoms with van der Waals surface area (Å²) in [6, 6.07) is 10.6. The van der Waals surface area contributed by atoms with Crippen molar-refractivity contribution >= 4 is 17.0 Å². The summed E-state index contributed by atoms with van der Waals surface area (Å²) >= 11 is 1.86. The van der Waals surface area contributed by atoms with Gasteiger partial charge in [0.15, 0.2) is 11.5 Å². The zero-order valence-electron chi connectivity index (χ0n) is 12.4. The van der Waals surface area contributed by atoms with Gasteiger partial charge in [0.1, 0.15) is 0 Å². The van der Waals surface area contributed by atoms with E-state index in [1.54, 1.807) is 14.2 Å². The normalized spacial score (nSPS) is 12.0. The zero-order chi connectivity index (χ0) is 14.5. The molecule has 108 valence electrons. The largest absolute Gasteiger partial charge is 0.493 e. The summed E-state index contributed by atoms with van der Waals surface area (Å²) in [6.45, 7) is 4.35. The van der Waals surface area contributed by atoms with Gasteiger partial charge in [-0.05, 0) is 37.6 Å². The summed E-state index contributed by atoms with van der Waals surface area (Å²) in [5, 5.41) is 3.50. The molecule has 1 aromatic heterocycles. The summed E-state index contributed by atoms with van der Waals surface area (Å²) in [6.07, 6.45) is 1.09. The Morgan fingerprint density at radius 1 is 1.10 bits per heavy atom. The molecule has 1 heterocycles. The molecule has 20 heavy (non-hydrogen) atoms. The molecule has 0 radical (unpaired) electrons. The Kier molecular flexibility index (Phi) is 4.90. The Morgan fingerprint density at radius 3 is 2.45 bits per heavy atom. The third-order valence-corrected chi connectivity index (χ3v) is 4.64. The van der Waals surface area contributed by atoms with Crippen LogP contribution < -0.4 is 14.8 Å². The van der Waals surface area contributed by atoms with E-state index in [0.717, 1.165) is 23.6 Å². The van der Waals surface area contributed by atoms with Gasteiger partial charge in [-0.1, -0.05) is 6.92 Å². The quantitative estimate of drug-likeness (QED) is 0.850. The molecule has 3 nitrogen and oxygen atoms in total. The number of methoxy groups -OCH3 is 2. The highest BCUT2D eigenvalue weighted by Gasteiger charge is 2.10. The molecule has 1 atom stereocenters. The van der Waals surface area contributed by atoms with Crippen molar-refractivity contribution in [1.82, 2.24) is 0 Å². The monoisotopic (exact) mass is 291 g/mol. The van der Waals surface area contributed by atoms with Crippen molar-refractivity contribution < 1.29 is 9.47 Å². The molecule has 1 N–H and O–H groups in total. The Balaban J connectivity index is 2.12. The summed E-state index contributed by atoms with van der Waals surface area (Å²) in [7, 11) is 3.30. The van der Waals surface area contributed by atoms with E-state index in [-0.39, 0.29) is 6.04 Å². The average molecular weight is 291 g/mol. The molecule has 1 unspecified atom stereocenters. The van der Waals surface area contributed by atoms with Gasteiger partial charge in [-0.3, -0.25) is 0 Å². The van der Waals surface area contributed by atoms with Crippen LogP contribution >= 0.6 is 11.3 Å². The van der Waals surface area contributed by atoms with Gasteiger partial charge in [-0.15, -0.1) is 11.3 Å². The minimum Gasteiger partial charge on any atom is -0.493 e. The highest BCUT2D eigenvalue weighted by molar-refractivity contribution is 7.12. The highest BCUT2D eigenvalue weighted by Crippen LogP contribution is 2.32. The van der Waals surface area contributed by atoms with Crippen LogP contribution in [0.3, 0.4) is 0 Å². The molecule has 0 saturated carbocycles. The Hall–Kier alpha value is -1.68. The standard InChI is InChI=1S/C16H21NO2S/c1-5-13-7-9-16(20-13)11(2)17-12-6-8-14(18-3)15(10-12)19-4/h6-11,17H,5H2,1-4H3. The van der Waals surface area contributed by atoms with Crippen molar-refractivity contribution in [2.75, 3.05) is 19.5 Å². The van der Waals surface area contributed by atoms with Crippen LogP contribution in [0.15, 0.2) is 30.3 Å². The predicted octanol–water partition coefficient (Wildman–Crippen LogP) is 4.50. The number of hydrogen-bond donors (Lipinski definition) is 1. The van der Waals surface area contributed by atoms with Gasteiger partial charge in [0, 0.05) is 21.5 Å². The topological polar surface area (TPSA) is 30.5 Å². The SMILES string of the molecule is CCc1ccc(C(C)Nc2ccc(OC)c(OC)c2)s1. The molecule has 0 saturated heterocycles. The highest BCUT2D eigenvalue weighted by atomic mass is 32.1. The van der Waals surface area contributed by atoms with Crippen molar-refractivity contribution in [2.45, 2.75) is 26.3 Å². The molecular formula is C16H21NO2S. The van der Waals surface area contributed by atoms with Crippen LogP contribution in [0, 0.1) is 0 Å². The lowest BCUT2D eigenvalue weighted by molar-refractivity contribution is 0.355. The molecule has 1 aromatic carbocycles. The Morgan fingerprint density at radius 2 is 1.85 bits per heavy atom. The first-order valence-corrected chi connectivity index (χ1v) is 7.56. The van der Waals surface area contributed by atoms with Crippen LogP contribution in [0.4, 0.5) is 5.69 Å². The molecule has 2 aromatic rings. The van der Waals surface area contributed by atoms with E-state index in [4.69, 9.17) is 9.47 Å². The van der Waals surface area contributed by atoms with Crippen molar-refractivity contribution in [3.8, 4) is 11.5 Å². The fourth-order valence-electron chi connectivity index (χ4n) is 2.06. The molecular weight excluding hydrogens is 270 g/mol. The van der Waals surface area contributed by atoms with Gasteiger partial charge in [0.05, 0.1) is 20.3 Å². The smallest absolute Gasteiger partial charge is 0.162 e. The third kappa shape index (κ3) is 3.25. The maximum absolute atomic E-state index is 5.32. The second-order valence-electron chi connectivity index (χ2n) is 4.59. The minimum absolute atomic E-state index is 0.276. The van der Waals surface area contributed by atoms with Gasteiger partial charge in [-0.25, -0.2) is 0 Å². The van der Waals surface area contributed by atoms with E-state index in [0.29, 0.717) is 0 Å². The van der Waals surface area contributed by atoms with Gasteiger partial charge >= 0.3 is 0 Å². The maximum atomic E-state index is 5.32. The first kappa shape index (κ1) is 14.7. The third-order valence-electron chi connectivity index (χ3n) is 3.22. The number of anilines is 1. The lowest BCUT2D eigenvalue weighted by Gasteiger charge is -2.15. The fourth-order valence-corrected chi connectivity index (χ4v) is 3.02. The van der Waals surface area contributed by atoms with Gasteiger partial charge < -0.3 is 14.8 Å². The molecule has 0 aliphatic rings. The summed E-state index contributed by atoms with van der Waals surface area (Å²) < 4.78 is 10.6. The molecule has 0 aliphatic carbocycles. The Labute approximate surface area is 124 Å². The molecule has 0 amide bonds. The van der Waals surface area contributed by atoms with E-state index in [9.17, 15) is 0 Å². The number of hydrogen-bond acceptors (Lipinski definition) is 4. The molecule has 0 aliphatic heterocycles. The molecule has 0 bridgehead atoms. The fraction of sp³-hybridized carbons (Fsp3) is 0.375. The van der Waals surface area contributed by atoms with Crippen LogP contribution in [0.25, 0.3) is 0 Å². The second kappa shape index (κ2) is 6.66. The van der Waals surface area contributed by atoms with Gasteiger partial charge in [-0.2, -0.15) is 0 Å². The van der Waals surface area contributed by atoms with Gasteiger partial charge in [0.25, 0.3) is 0 Å². The number of ether oxygens (including phenoxy) is 2. The van der Waals surface area contributed by atoms with Crippen LogP contribution in [-0.4, -0.2) is 14.2 Å². The van der Waals surface area contributed by atoms with E-state index in [1.807, 2.05) is 29.5 Å². The molecule has 2 rings (SSSR count). The van der Waals surface area contributed by atoms with Crippen LogP contribution in [-0.2, 0) is 6.42 Å². The first-order chi connectivity index (χ1) is 9.67. The number of nitrogens with one attached hydrogen (secondary N) is 1. The lowest BCUT2D eigenvalue weighted by Crippen LogP contribution is -2.05. The van der Waals surface area contributed by atoms with Gasteiger partial charge in [0.2, 0.25) is 0 Å². The molecule has 4 heteroatoms. The number of thiophene rings is 1. The van der Waals surface area contributed by atoms with Crippen LogP contribution in [0.1, 0.15) is 29.6 Å².